The number of carbonyl (C=O) groups excluding carboxylic acids is 1. The minimum Gasteiger partial charge on any atom is -0.478 e. The van der Waals surface area contributed by atoms with Gasteiger partial charge in [0.1, 0.15) is 0 Å². The number of amides is 2. The number of carbonyl (C=O) groups is 2. The average molecular weight is 248 g/mol. The van der Waals surface area contributed by atoms with E-state index in [4.69, 9.17) is 0 Å². The van der Waals surface area contributed by atoms with E-state index < -0.39 is 12.0 Å². The van der Waals surface area contributed by atoms with Crippen LogP contribution in [-0.4, -0.2) is 33.7 Å². The zero-order chi connectivity index (χ0) is 13.3. The molecule has 3 N–H and O–H groups in total. The van der Waals surface area contributed by atoms with Gasteiger partial charge in [-0.15, -0.1) is 0 Å². The maximum atomic E-state index is 11.2. The summed E-state index contributed by atoms with van der Waals surface area (Å²) in [6, 6.07) is 2.61. The van der Waals surface area contributed by atoms with Gasteiger partial charge in [-0.05, 0) is 12.1 Å². The topological polar surface area (TPSA) is 96.2 Å². The highest BCUT2D eigenvalue weighted by molar-refractivity contribution is 6.04. The zero-order valence-electron chi connectivity index (χ0n) is 9.89. The Labute approximate surface area is 102 Å². The summed E-state index contributed by atoms with van der Waals surface area (Å²) in [5.74, 6) is -1.07. The first-order chi connectivity index (χ1) is 8.52. The van der Waals surface area contributed by atoms with Crippen LogP contribution in [0, 0.1) is 0 Å². The third-order valence-corrected chi connectivity index (χ3v) is 2.53. The summed E-state index contributed by atoms with van der Waals surface area (Å²) in [6.07, 6.45) is 1.53. The van der Waals surface area contributed by atoms with Crippen LogP contribution in [0.25, 0.3) is 11.0 Å². The molecule has 1 aromatic carbocycles. The van der Waals surface area contributed by atoms with Crippen LogP contribution in [0.2, 0.25) is 0 Å². The number of fused-ring (bicyclic) bond motifs is 1. The van der Waals surface area contributed by atoms with Crippen LogP contribution in [0.3, 0.4) is 0 Å². The molecule has 0 unspecified atom stereocenters. The molecule has 1 heterocycles. The number of benzene rings is 1. The molecular formula is C11H12N4O3. The quantitative estimate of drug-likeness (QED) is 0.739. The fraction of sp³-hybridized carbons (Fsp3) is 0.182. The number of aryl methyl sites for hydroxylation is 1. The Morgan fingerprint density at radius 1 is 1.39 bits per heavy atom. The molecule has 0 fully saturated rings. The van der Waals surface area contributed by atoms with E-state index in [9.17, 15) is 14.7 Å². The monoisotopic (exact) mass is 248 g/mol. The van der Waals surface area contributed by atoms with Gasteiger partial charge in [0.25, 0.3) is 0 Å². The van der Waals surface area contributed by atoms with Crippen LogP contribution < -0.4 is 10.6 Å². The van der Waals surface area contributed by atoms with Crippen molar-refractivity contribution in [3.8, 4) is 0 Å². The van der Waals surface area contributed by atoms with Gasteiger partial charge in [0.15, 0.2) is 0 Å². The molecule has 0 radical (unpaired) electrons. The molecule has 0 saturated heterocycles. The maximum Gasteiger partial charge on any atom is 0.337 e. The highest BCUT2D eigenvalue weighted by atomic mass is 16.4. The molecule has 94 valence electrons. The summed E-state index contributed by atoms with van der Waals surface area (Å²) >= 11 is 0. The van der Waals surface area contributed by atoms with Crippen molar-refractivity contribution in [2.45, 2.75) is 0 Å². The first kappa shape index (κ1) is 11.9. The first-order valence-electron chi connectivity index (χ1n) is 5.20. The van der Waals surface area contributed by atoms with Crippen molar-refractivity contribution < 1.29 is 14.7 Å². The van der Waals surface area contributed by atoms with Gasteiger partial charge in [0, 0.05) is 19.8 Å². The lowest BCUT2D eigenvalue weighted by molar-refractivity contribution is 0.0698. The minimum absolute atomic E-state index is 0.0962. The van der Waals surface area contributed by atoms with Gasteiger partial charge >= 0.3 is 12.0 Å². The summed E-state index contributed by atoms with van der Waals surface area (Å²) in [6.45, 7) is 0. The van der Waals surface area contributed by atoms with Crippen molar-refractivity contribution in [2.75, 3.05) is 12.4 Å². The molecule has 0 aliphatic heterocycles. The van der Waals surface area contributed by atoms with Crippen molar-refractivity contribution in [1.82, 2.24) is 14.9 Å². The number of urea groups is 1. The van der Waals surface area contributed by atoms with Crippen LogP contribution in [-0.2, 0) is 7.05 Å². The Kier molecular flexibility index (Phi) is 2.88. The molecule has 7 nitrogen and oxygen atoms in total. The molecule has 18 heavy (non-hydrogen) atoms. The molecule has 0 atom stereocenters. The van der Waals surface area contributed by atoms with E-state index in [1.807, 2.05) is 0 Å². The molecule has 0 bridgehead atoms. The highest BCUT2D eigenvalue weighted by Crippen LogP contribution is 2.22. The summed E-state index contributed by atoms with van der Waals surface area (Å²) in [4.78, 5) is 26.5. The van der Waals surface area contributed by atoms with Crippen molar-refractivity contribution in [2.24, 2.45) is 7.05 Å². The van der Waals surface area contributed by atoms with Crippen molar-refractivity contribution in [1.29, 1.82) is 0 Å². The van der Waals surface area contributed by atoms with E-state index in [1.165, 1.54) is 19.4 Å². The molecule has 1 aromatic heterocycles. The zero-order valence-corrected chi connectivity index (χ0v) is 9.89. The number of carboxylic acid groups (broad SMARTS) is 1. The maximum absolute atomic E-state index is 11.2. The van der Waals surface area contributed by atoms with E-state index in [1.54, 1.807) is 17.7 Å². The number of aromatic carboxylic acids is 1. The number of carboxylic acids is 1. The van der Waals surface area contributed by atoms with Gasteiger partial charge in [-0.1, -0.05) is 0 Å². The van der Waals surface area contributed by atoms with Crippen LogP contribution in [0.4, 0.5) is 10.5 Å². The molecule has 0 spiro atoms. The normalized spacial score (nSPS) is 10.3. The van der Waals surface area contributed by atoms with Gasteiger partial charge in [0.05, 0.1) is 22.9 Å². The summed E-state index contributed by atoms with van der Waals surface area (Å²) in [5, 5.41) is 14.1. The van der Waals surface area contributed by atoms with Gasteiger partial charge in [0.2, 0.25) is 0 Å². The number of anilines is 1. The predicted octanol–water partition coefficient (Wildman–Crippen LogP) is 1.02. The summed E-state index contributed by atoms with van der Waals surface area (Å²) in [5.41, 5.74) is 1.52. The van der Waals surface area contributed by atoms with Gasteiger partial charge in [-0.2, -0.15) is 0 Å². The van der Waals surface area contributed by atoms with Crippen molar-refractivity contribution >= 4 is 28.7 Å². The molecule has 2 amide bonds. The Bertz CT molecular complexity index is 632. The van der Waals surface area contributed by atoms with E-state index >= 15 is 0 Å². The lowest BCUT2D eigenvalue weighted by atomic mass is 10.1. The third kappa shape index (κ3) is 1.97. The molecule has 0 saturated carbocycles. The second kappa shape index (κ2) is 4.36. The lowest BCUT2D eigenvalue weighted by Crippen LogP contribution is -2.24. The standard InChI is InChI=1S/C11H12N4O3/c1-12-11(18)14-6-3-7(10(16)17)9-8(4-6)13-5-15(9)2/h3-5H,1-2H3,(H,16,17)(H2,12,14,18). The van der Waals surface area contributed by atoms with E-state index in [0.717, 1.165) is 0 Å². The number of hydrogen-bond donors (Lipinski definition) is 3. The van der Waals surface area contributed by atoms with Crippen LogP contribution in [0.1, 0.15) is 10.4 Å². The number of imidazole rings is 1. The SMILES string of the molecule is CNC(=O)Nc1cc(C(=O)O)c2c(c1)ncn2C. The molecule has 0 aliphatic rings. The second-order valence-corrected chi connectivity index (χ2v) is 3.76. The van der Waals surface area contributed by atoms with Crippen molar-refractivity contribution in [3.05, 3.63) is 24.0 Å². The van der Waals surface area contributed by atoms with Crippen LogP contribution in [0.15, 0.2) is 18.5 Å². The minimum atomic E-state index is -1.07. The fourth-order valence-corrected chi connectivity index (χ4v) is 1.72. The first-order valence-corrected chi connectivity index (χ1v) is 5.20. The molecule has 2 aromatic rings. The number of nitrogens with zero attached hydrogens (tertiary/aromatic N) is 2. The molecule has 0 aliphatic carbocycles. The smallest absolute Gasteiger partial charge is 0.337 e. The number of rotatable bonds is 2. The largest absolute Gasteiger partial charge is 0.478 e. The van der Waals surface area contributed by atoms with Crippen LogP contribution in [0.5, 0.6) is 0 Å². The Hall–Kier alpha value is -2.57. The number of hydrogen-bond acceptors (Lipinski definition) is 3. The molecule has 2 rings (SSSR count). The Morgan fingerprint density at radius 3 is 2.72 bits per heavy atom. The van der Waals surface area contributed by atoms with Crippen LogP contribution >= 0.6 is 0 Å². The van der Waals surface area contributed by atoms with Gasteiger partial charge < -0.3 is 20.3 Å². The Balaban J connectivity index is 2.58. The van der Waals surface area contributed by atoms with Crippen molar-refractivity contribution in [3.63, 3.8) is 0 Å². The second-order valence-electron chi connectivity index (χ2n) is 3.76. The molecular weight excluding hydrogens is 236 g/mol. The van der Waals surface area contributed by atoms with E-state index in [2.05, 4.69) is 15.6 Å². The van der Waals surface area contributed by atoms with Gasteiger partial charge in [-0.3, -0.25) is 0 Å². The number of aromatic nitrogens is 2. The summed E-state index contributed by atoms with van der Waals surface area (Å²) in [7, 11) is 3.19. The van der Waals surface area contributed by atoms with Gasteiger partial charge in [-0.25, -0.2) is 14.6 Å². The number of nitrogens with one attached hydrogen (secondary N) is 2. The Morgan fingerprint density at radius 2 is 2.11 bits per heavy atom. The third-order valence-electron chi connectivity index (χ3n) is 2.53. The highest BCUT2D eigenvalue weighted by Gasteiger charge is 2.15. The summed E-state index contributed by atoms with van der Waals surface area (Å²) < 4.78 is 1.63. The molecule has 7 heteroatoms. The van der Waals surface area contributed by atoms with E-state index in [-0.39, 0.29) is 5.56 Å². The predicted molar refractivity (Wildman–Crippen MR) is 65.8 cm³/mol. The lowest BCUT2D eigenvalue weighted by Gasteiger charge is -2.07. The average Bonchev–Trinajstić information content (AvgIpc) is 2.70. The van der Waals surface area contributed by atoms with E-state index in [0.29, 0.717) is 16.7 Å². The fourth-order valence-electron chi connectivity index (χ4n) is 1.72.